The van der Waals surface area contributed by atoms with Crippen molar-refractivity contribution in [1.29, 1.82) is 0 Å². The molecule has 23 heavy (non-hydrogen) atoms. The second-order valence-corrected chi connectivity index (χ2v) is 5.30. The van der Waals surface area contributed by atoms with E-state index in [9.17, 15) is 4.79 Å². The number of aryl methyl sites for hydroxylation is 1. The van der Waals surface area contributed by atoms with Gasteiger partial charge in [0.15, 0.2) is 17.3 Å². The van der Waals surface area contributed by atoms with Crippen LogP contribution in [0.4, 0.5) is 5.82 Å². The molecule has 2 aromatic rings. The molecule has 2 rings (SSSR count). The lowest BCUT2D eigenvalue weighted by atomic mass is 10.2. The summed E-state index contributed by atoms with van der Waals surface area (Å²) in [7, 11) is 1.78. The van der Waals surface area contributed by atoms with Crippen molar-refractivity contribution in [3.8, 4) is 11.5 Å². The molecule has 0 radical (unpaired) electrons. The summed E-state index contributed by atoms with van der Waals surface area (Å²) in [4.78, 5) is 12.3. The zero-order valence-corrected chi connectivity index (χ0v) is 14.2. The number of carbonyl (C=O) groups excluding carboxylic acids is 1. The molecule has 0 saturated carbocycles. The van der Waals surface area contributed by atoms with Crippen molar-refractivity contribution in [2.24, 2.45) is 7.05 Å². The van der Waals surface area contributed by atoms with Gasteiger partial charge < -0.3 is 14.8 Å². The van der Waals surface area contributed by atoms with E-state index in [1.165, 1.54) is 0 Å². The lowest BCUT2D eigenvalue weighted by molar-refractivity contribution is 0.102. The van der Waals surface area contributed by atoms with Gasteiger partial charge in [-0.1, -0.05) is 18.5 Å². The summed E-state index contributed by atoms with van der Waals surface area (Å²) in [6, 6.07) is 4.90. The van der Waals surface area contributed by atoms with Crippen LogP contribution in [-0.2, 0) is 7.05 Å². The molecule has 0 spiro atoms. The van der Waals surface area contributed by atoms with Crippen LogP contribution in [0.15, 0.2) is 24.4 Å². The minimum Gasteiger partial charge on any atom is -0.490 e. The minimum atomic E-state index is -0.311. The number of hydrogen-bond acceptors (Lipinski definition) is 4. The van der Waals surface area contributed by atoms with Crippen LogP contribution in [0.1, 0.15) is 30.6 Å². The molecule has 1 heterocycles. The van der Waals surface area contributed by atoms with Crippen LogP contribution in [0.5, 0.6) is 11.5 Å². The molecule has 7 heteroatoms. The van der Waals surface area contributed by atoms with Crippen molar-refractivity contribution in [2.75, 3.05) is 18.5 Å². The highest BCUT2D eigenvalue weighted by molar-refractivity contribution is 6.32. The Morgan fingerprint density at radius 2 is 2.13 bits per heavy atom. The molecular formula is C16H20ClN3O3. The van der Waals surface area contributed by atoms with E-state index in [1.54, 1.807) is 36.1 Å². The first-order valence-corrected chi connectivity index (χ1v) is 7.83. The Bertz CT molecular complexity index is 685. The highest BCUT2D eigenvalue weighted by Gasteiger charge is 2.17. The smallest absolute Gasteiger partial charge is 0.257 e. The number of ether oxygens (including phenoxy) is 2. The summed E-state index contributed by atoms with van der Waals surface area (Å²) in [6.07, 6.45) is 2.60. The molecule has 0 aliphatic carbocycles. The normalized spacial score (nSPS) is 10.4. The zero-order valence-electron chi connectivity index (χ0n) is 13.4. The van der Waals surface area contributed by atoms with Gasteiger partial charge >= 0.3 is 0 Å². The number of hydrogen-bond donors (Lipinski definition) is 1. The van der Waals surface area contributed by atoms with Gasteiger partial charge in [-0.15, -0.1) is 0 Å². The topological polar surface area (TPSA) is 65.4 Å². The molecule has 6 nitrogen and oxygen atoms in total. The standard InChI is InChI=1S/C16H20ClN3O3/c1-4-8-23-15-12(17)9-11(10-13(15)22-5-2)16(21)18-14-6-7-20(3)19-14/h6-7,9-10H,4-5,8H2,1-3H3,(H,18,19,21). The molecule has 1 aromatic carbocycles. The third-order valence-electron chi connectivity index (χ3n) is 2.98. The lowest BCUT2D eigenvalue weighted by Crippen LogP contribution is -2.13. The van der Waals surface area contributed by atoms with Crippen LogP contribution in [0.2, 0.25) is 5.02 Å². The molecule has 0 atom stereocenters. The summed E-state index contributed by atoms with van der Waals surface area (Å²) < 4.78 is 12.8. The highest BCUT2D eigenvalue weighted by atomic mass is 35.5. The second kappa shape index (κ2) is 7.87. The van der Waals surface area contributed by atoms with E-state index in [2.05, 4.69) is 10.4 Å². The number of carbonyl (C=O) groups is 1. The molecule has 1 amide bonds. The fraction of sp³-hybridized carbons (Fsp3) is 0.375. The van der Waals surface area contributed by atoms with Gasteiger partial charge in [0.1, 0.15) is 0 Å². The first kappa shape index (κ1) is 17.1. The zero-order chi connectivity index (χ0) is 16.8. The summed E-state index contributed by atoms with van der Waals surface area (Å²) in [5.74, 6) is 1.08. The van der Waals surface area contributed by atoms with Gasteiger partial charge in [-0.05, 0) is 25.5 Å². The summed E-state index contributed by atoms with van der Waals surface area (Å²) >= 11 is 6.25. The highest BCUT2D eigenvalue weighted by Crippen LogP contribution is 2.37. The van der Waals surface area contributed by atoms with Crippen molar-refractivity contribution in [3.63, 3.8) is 0 Å². The van der Waals surface area contributed by atoms with Gasteiger partial charge in [0.05, 0.1) is 18.2 Å². The average Bonchev–Trinajstić information content (AvgIpc) is 2.91. The Balaban J connectivity index is 2.25. The maximum Gasteiger partial charge on any atom is 0.257 e. The predicted molar refractivity (Wildman–Crippen MR) is 89.6 cm³/mol. The number of amides is 1. The van der Waals surface area contributed by atoms with Crippen molar-refractivity contribution in [3.05, 3.63) is 35.0 Å². The van der Waals surface area contributed by atoms with E-state index in [4.69, 9.17) is 21.1 Å². The maximum atomic E-state index is 12.3. The number of nitrogens with one attached hydrogen (secondary N) is 1. The van der Waals surface area contributed by atoms with Gasteiger partial charge in [-0.2, -0.15) is 5.10 Å². The van der Waals surface area contributed by atoms with E-state index in [1.807, 2.05) is 13.8 Å². The van der Waals surface area contributed by atoms with Crippen molar-refractivity contribution in [2.45, 2.75) is 20.3 Å². The Morgan fingerprint density at radius 3 is 2.74 bits per heavy atom. The summed E-state index contributed by atoms with van der Waals surface area (Å²) in [5, 5.41) is 7.17. The largest absolute Gasteiger partial charge is 0.490 e. The minimum absolute atomic E-state index is 0.311. The third kappa shape index (κ3) is 4.39. The molecule has 124 valence electrons. The second-order valence-electron chi connectivity index (χ2n) is 4.90. The summed E-state index contributed by atoms with van der Waals surface area (Å²) in [6.45, 7) is 4.84. The van der Waals surface area contributed by atoms with Crippen LogP contribution in [0, 0.1) is 0 Å². The van der Waals surface area contributed by atoms with Gasteiger partial charge in [-0.25, -0.2) is 0 Å². The number of rotatable bonds is 7. The van der Waals surface area contributed by atoms with Crippen molar-refractivity contribution >= 4 is 23.3 Å². The third-order valence-corrected chi connectivity index (χ3v) is 3.26. The molecule has 0 unspecified atom stereocenters. The van der Waals surface area contributed by atoms with Crippen molar-refractivity contribution < 1.29 is 14.3 Å². The molecule has 0 saturated heterocycles. The quantitative estimate of drug-likeness (QED) is 0.839. The first-order valence-electron chi connectivity index (χ1n) is 7.45. The van der Waals surface area contributed by atoms with Crippen LogP contribution in [-0.4, -0.2) is 28.9 Å². The fourth-order valence-electron chi connectivity index (χ4n) is 1.98. The Kier molecular flexibility index (Phi) is 5.87. The van der Waals surface area contributed by atoms with Gasteiger partial charge in [0.25, 0.3) is 5.91 Å². The van der Waals surface area contributed by atoms with Crippen LogP contribution in [0.3, 0.4) is 0 Å². The number of benzene rings is 1. The van der Waals surface area contributed by atoms with E-state index in [0.717, 1.165) is 6.42 Å². The monoisotopic (exact) mass is 337 g/mol. The molecule has 0 aliphatic rings. The van der Waals surface area contributed by atoms with Crippen molar-refractivity contribution in [1.82, 2.24) is 9.78 Å². The molecule has 1 N–H and O–H groups in total. The number of aromatic nitrogens is 2. The van der Waals surface area contributed by atoms with Gasteiger partial charge in [0.2, 0.25) is 0 Å². The molecule has 1 aromatic heterocycles. The van der Waals surface area contributed by atoms with E-state index < -0.39 is 0 Å². The summed E-state index contributed by atoms with van der Waals surface area (Å²) in [5.41, 5.74) is 0.382. The number of halogens is 1. The fourth-order valence-corrected chi connectivity index (χ4v) is 2.24. The van der Waals surface area contributed by atoms with Gasteiger partial charge in [0, 0.05) is 24.9 Å². The Morgan fingerprint density at radius 1 is 1.35 bits per heavy atom. The SMILES string of the molecule is CCCOc1c(Cl)cc(C(=O)Nc2ccn(C)n2)cc1OCC. The Hall–Kier alpha value is -2.21. The average molecular weight is 338 g/mol. The van der Waals surface area contributed by atoms with Gasteiger partial charge in [-0.3, -0.25) is 9.48 Å². The van der Waals surface area contributed by atoms with Crippen LogP contribution >= 0.6 is 11.6 Å². The van der Waals surface area contributed by atoms with E-state index in [0.29, 0.717) is 41.1 Å². The van der Waals surface area contributed by atoms with E-state index >= 15 is 0 Å². The predicted octanol–water partition coefficient (Wildman–Crippen LogP) is 3.51. The van der Waals surface area contributed by atoms with Crippen LogP contribution < -0.4 is 14.8 Å². The van der Waals surface area contributed by atoms with E-state index in [-0.39, 0.29) is 5.91 Å². The molecule has 0 fully saturated rings. The number of anilines is 1. The molecule has 0 aliphatic heterocycles. The van der Waals surface area contributed by atoms with Crippen LogP contribution in [0.25, 0.3) is 0 Å². The lowest BCUT2D eigenvalue weighted by Gasteiger charge is -2.14. The number of nitrogens with zero attached hydrogens (tertiary/aromatic N) is 2. The first-order chi connectivity index (χ1) is 11.0. The molecule has 0 bridgehead atoms. The maximum absolute atomic E-state index is 12.3. The Labute approximate surface area is 140 Å². The molecular weight excluding hydrogens is 318 g/mol.